The molecule has 2 N–H and O–H groups in total. The molecule has 0 amide bonds. The molecule has 0 bridgehead atoms. The van der Waals surface area contributed by atoms with E-state index in [-0.39, 0.29) is 0 Å². The molecule has 96 valence electrons. The molecule has 0 saturated heterocycles. The van der Waals surface area contributed by atoms with Crippen LogP contribution in [0, 0.1) is 0 Å². The molecular formula is C12H14ClN3S2. The monoisotopic (exact) mass is 299 g/mol. The Balaban J connectivity index is 2.01. The molecule has 3 nitrogen and oxygen atoms in total. The van der Waals surface area contributed by atoms with Crippen LogP contribution < -0.4 is 5.73 Å². The van der Waals surface area contributed by atoms with E-state index in [4.69, 9.17) is 17.3 Å². The first kappa shape index (κ1) is 13.5. The van der Waals surface area contributed by atoms with Gasteiger partial charge >= 0.3 is 0 Å². The second-order valence-electron chi connectivity index (χ2n) is 3.83. The predicted molar refractivity (Wildman–Crippen MR) is 80.2 cm³/mol. The van der Waals surface area contributed by atoms with E-state index >= 15 is 0 Å². The van der Waals surface area contributed by atoms with Gasteiger partial charge in [-0.05, 0) is 12.1 Å². The van der Waals surface area contributed by atoms with Crippen molar-refractivity contribution in [2.45, 2.75) is 13.1 Å². The smallest absolute Gasteiger partial charge is 0.180 e. The maximum atomic E-state index is 5.94. The third kappa shape index (κ3) is 3.81. The van der Waals surface area contributed by atoms with Crippen LogP contribution in [0.2, 0.25) is 4.34 Å². The van der Waals surface area contributed by atoms with Crippen molar-refractivity contribution < 1.29 is 0 Å². The molecule has 0 atom stereocenters. The number of hydrogen-bond donors (Lipinski definition) is 1. The summed E-state index contributed by atoms with van der Waals surface area (Å²) in [7, 11) is 0. The fourth-order valence-corrected chi connectivity index (χ4v) is 3.50. The van der Waals surface area contributed by atoms with Gasteiger partial charge in [-0.3, -0.25) is 4.90 Å². The quantitative estimate of drug-likeness (QED) is 0.828. The highest BCUT2D eigenvalue weighted by atomic mass is 35.5. The van der Waals surface area contributed by atoms with E-state index < -0.39 is 0 Å². The molecule has 2 aromatic heterocycles. The van der Waals surface area contributed by atoms with E-state index in [1.54, 1.807) is 11.3 Å². The van der Waals surface area contributed by atoms with E-state index in [0.29, 0.717) is 5.13 Å². The number of nitrogen functional groups attached to an aromatic ring is 1. The number of thiophene rings is 1. The largest absolute Gasteiger partial charge is 0.375 e. The number of nitrogens with zero attached hydrogens (tertiary/aromatic N) is 2. The molecule has 18 heavy (non-hydrogen) atoms. The van der Waals surface area contributed by atoms with Crippen molar-refractivity contribution in [3.63, 3.8) is 0 Å². The lowest BCUT2D eigenvalue weighted by atomic mass is 10.3. The fraction of sp³-hybridized carbons (Fsp3) is 0.250. The Labute approximate surface area is 120 Å². The average Bonchev–Trinajstić information content (AvgIpc) is 2.89. The zero-order valence-electron chi connectivity index (χ0n) is 9.80. The predicted octanol–water partition coefficient (Wildman–Crippen LogP) is 3.63. The summed E-state index contributed by atoms with van der Waals surface area (Å²) in [6.45, 7) is 6.31. The molecule has 2 heterocycles. The van der Waals surface area contributed by atoms with Gasteiger partial charge in [0, 0.05) is 35.6 Å². The molecule has 0 aliphatic heterocycles. The average molecular weight is 300 g/mol. The van der Waals surface area contributed by atoms with Crippen LogP contribution in [-0.4, -0.2) is 16.4 Å². The van der Waals surface area contributed by atoms with Crippen LogP contribution >= 0.6 is 34.3 Å². The molecule has 0 spiro atoms. The normalized spacial score (nSPS) is 11.0. The van der Waals surface area contributed by atoms with Crippen LogP contribution in [0.25, 0.3) is 0 Å². The lowest BCUT2D eigenvalue weighted by Gasteiger charge is -2.18. The van der Waals surface area contributed by atoms with Gasteiger partial charge in [-0.15, -0.1) is 29.3 Å². The van der Waals surface area contributed by atoms with E-state index in [9.17, 15) is 0 Å². The van der Waals surface area contributed by atoms with Gasteiger partial charge in [0.05, 0.1) is 4.34 Å². The Morgan fingerprint density at radius 2 is 2.11 bits per heavy atom. The van der Waals surface area contributed by atoms with Crippen LogP contribution in [0.5, 0.6) is 0 Å². The van der Waals surface area contributed by atoms with Gasteiger partial charge in [0.25, 0.3) is 0 Å². The number of aromatic nitrogens is 1. The summed E-state index contributed by atoms with van der Waals surface area (Å²) in [5.74, 6) is 0. The Morgan fingerprint density at radius 1 is 1.33 bits per heavy atom. The van der Waals surface area contributed by atoms with Gasteiger partial charge in [0.1, 0.15) is 0 Å². The molecule has 6 heteroatoms. The minimum Gasteiger partial charge on any atom is -0.375 e. The van der Waals surface area contributed by atoms with Crippen molar-refractivity contribution >= 4 is 39.4 Å². The van der Waals surface area contributed by atoms with Crippen LogP contribution in [-0.2, 0) is 13.1 Å². The van der Waals surface area contributed by atoms with Crippen molar-refractivity contribution in [2.24, 2.45) is 0 Å². The Bertz CT molecular complexity index is 479. The third-order valence-electron chi connectivity index (χ3n) is 2.35. The van der Waals surface area contributed by atoms with E-state index in [1.807, 2.05) is 18.3 Å². The first-order valence-electron chi connectivity index (χ1n) is 5.45. The van der Waals surface area contributed by atoms with Gasteiger partial charge in [0.2, 0.25) is 0 Å². The van der Waals surface area contributed by atoms with Gasteiger partial charge in [-0.2, -0.15) is 0 Å². The van der Waals surface area contributed by atoms with Gasteiger partial charge in [-0.1, -0.05) is 17.7 Å². The molecule has 2 rings (SSSR count). The summed E-state index contributed by atoms with van der Waals surface area (Å²) in [5, 5.41) is 0.614. The Morgan fingerprint density at radius 3 is 2.67 bits per heavy atom. The molecular weight excluding hydrogens is 286 g/mol. The standard InChI is InChI=1S/C12H14ClN3S2/c1-2-5-16(7-9-3-4-11(13)17-9)8-10-6-15-12(14)18-10/h2-4,6H,1,5,7-8H2,(H2,14,15). The summed E-state index contributed by atoms with van der Waals surface area (Å²) in [6.07, 6.45) is 3.73. The lowest BCUT2D eigenvalue weighted by molar-refractivity contribution is 0.291. The Kier molecular flexibility index (Phi) is 4.77. The molecule has 0 radical (unpaired) electrons. The number of anilines is 1. The van der Waals surface area contributed by atoms with Crippen LogP contribution in [0.1, 0.15) is 9.75 Å². The van der Waals surface area contributed by atoms with Crippen molar-refractivity contribution in [1.29, 1.82) is 0 Å². The molecule has 0 aliphatic rings. The molecule has 2 aromatic rings. The van der Waals surface area contributed by atoms with Crippen molar-refractivity contribution in [3.05, 3.63) is 45.1 Å². The van der Waals surface area contributed by atoms with Gasteiger partial charge < -0.3 is 5.73 Å². The highest BCUT2D eigenvalue weighted by molar-refractivity contribution is 7.16. The number of rotatable bonds is 6. The molecule has 0 unspecified atom stereocenters. The number of thiazole rings is 1. The second kappa shape index (κ2) is 6.33. The molecule has 0 aliphatic carbocycles. The van der Waals surface area contributed by atoms with Gasteiger partial charge in [-0.25, -0.2) is 4.98 Å². The number of nitrogens with two attached hydrogens (primary N) is 1. The zero-order chi connectivity index (χ0) is 13.0. The third-order valence-corrected chi connectivity index (χ3v) is 4.37. The van der Waals surface area contributed by atoms with E-state index in [1.165, 1.54) is 16.2 Å². The molecule has 0 fully saturated rings. The first-order valence-corrected chi connectivity index (χ1v) is 7.46. The summed E-state index contributed by atoms with van der Waals surface area (Å²) < 4.78 is 0.825. The van der Waals surface area contributed by atoms with Crippen LogP contribution in [0.4, 0.5) is 5.13 Å². The summed E-state index contributed by atoms with van der Waals surface area (Å²) in [6, 6.07) is 3.99. The topological polar surface area (TPSA) is 42.2 Å². The zero-order valence-corrected chi connectivity index (χ0v) is 12.2. The number of halogens is 1. The summed E-state index contributed by atoms with van der Waals surface area (Å²) in [5.41, 5.74) is 5.64. The summed E-state index contributed by atoms with van der Waals surface area (Å²) >= 11 is 9.08. The van der Waals surface area contributed by atoms with Gasteiger partial charge in [0.15, 0.2) is 5.13 Å². The minimum absolute atomic E-state index is 0.614. The highest BCUT2D eigenvalue weighted by Gasteiger charge is 2.09. The lowest BCUT2D eigenvalue weighted by Crippen LogP contribution is -2.21. The van der Waals surface area contributed by atoms with E-state index in [2.05, 4.69) is 22.5 Å². The maximum absolute atomic E-state index is 5.94. The highest BCUT2D eigenvalue weighted by Crippen LogP contribution is 2.24. The van der Waals surface area contributed by atoms with Crippen molar-refractivity contribution in [3.8, 4) is 0 Å². The fourth-order valence-electron chi connectivity index (χ4n) is 1.64. The molecule has 0 saturated carbocycles. The minimum atomic E-state index is 0.614. The SMILES string of the molecule is C=CCN(Cc1ccc(Cl)s1)Cc1cnc(N)s1. The maximum Gasteiger partial charge on any atom is 0.180 e. The second-order valence-corrected chi connectivity index (χ2v) is 6.78. The van der Waals surface area contributed by atoms with Crippen molar-refractivity contribution in [2.75, 3.05) is 12.3 Å². The summed E-state index contributed by atoms with van der Waals surface area (Å²) in [4.78, 5) is 8.76. The first-order chi connectivity index (χ1) is 8.67. The van der Waals surface area contributed by atoms with E-state index in [0.717, 1.165) is 28.8 Å². The number of hydrogen-bond acceptors (Lipinski definition) is 5. The van der Waals surface area contributed by atoms with Crippen LogP contribution in [0.3, 0.4) is 0 Å². The van der Waals surface area contributed by atoms with Crippen molar-refractivity contribution in [1.82, 2.24) is 9.88 Å². The van der Waals surface area contributed by atoms with Crippen LogP contribution in [0.15, 0.2) is 31.0 Å². The Hall–Kier alpha value is -0.880. The molecule has 0 aromatic carbocycles.